The van der Waals surface area contributed by atoms with Crippen LogP contribution in [0.5, 0.6) is 5.88 Å². The number of fused-ring (bicyclic) bond motifs is 2. The number of hydrogen-bond acceptors (Lipinski definition) is 5. The van der Waals surface area contributed by atoms with Crippen molar-refractivity contribution < 1.29 is 23.4 Å². The van der Waals surface area contributed by atoms with Crippen molar-refractivity contribution in [2.24, 2.45) is 11.8 Å². The SMILES string of the molecule is Cc1ccnc(OC2C3COCC2CN(C(=O)OC(C)(C)C)C3)c1F. The van der Waals surface area contributed by atoms with Crippen LogP contribution in [0.3, 0.4) is 0 Å². The summed E-state index contributed by atoms with van der Waals surface area (Å²) in [7, 11) is 0. The molecule has 1 aromatic rings. The van der Waals surface area contributed by atoms with E-state index < -0.39 is 11.4 Å². The van der Waals surface area contributed by atoms with Gasteiger partial charge < -0.3 is 19.1 Å². The molecule has 2 unspecified atom stereocenters. The van der Waals surface area contributed by atoms with Crippen LogP contribution in [0.2, 0.25) is 0 Å². The van der Waals surface area contributed by atoms with E-state index in [4.69, 9.17) is 14.2 Å². The summed E-state index contributed by atoms with van der Waals surface area (Å²) in [5.41, 5.74) is -0.0393. The molecular weight excluding hydrogens is 327 g/mol. The standard InChI is InChI=1S/C18H25FN2O4/c1-11-5-6-20-16(14(11)19)24-15-12-7-21(8-13(15)10-23-9-12)17(22)25-18(2,3)4/h5-6,12-13,15H,7-10H2,1-4H3. The van der Waals surface area contributed by atoms with E-state index in [1.165, 1.54) is 6.20 Å². The highest BCUT2D eigenvalue weighted by Crippen LogP contribution is 2.32. The zero-order chi connectivity index (χ0) is 18.2. The minimum absolute atomic E-state index is 0.0209. The molecule has 2 fully saturated rings. The molecule has 1 aromatic heterocycles. The number of hydrogen-bond donors (Lipinski definition) is 0. The van der Waals surface area contributed by atoms with Crippen molar-refractivity contribution in [3.63, 3.8) is 0 Å². The zero-order valence-electron chi connectivity index (χ0n) is 15.1. The highest BCUT2D eigenvalue weighted by molar-refractivity contribution is 5.68. The van der Waals surface area contributed by atoms with E-state index in [9.17, 15) is 9.18 Å². The first-order valence-corrected chi connectivity index (χ1v) is 8.58. The van der Waals surface area contributed by atoms with Crippen LogP contribution in [0, 0.1) is 24.6 Å². The highest BCUT2D eigenvalue weighted by atomic mass is 19.1. The van der Waals surface area contributed by atoms with Crippen LogP contribution in [-0.2, 0) is 9.47 Å². The summed E-state index contributed by atoms with van der Waals surface area (Å²) in [6, 6.07) is 1.61. The Morgan fingerprint density at radius 3 is 2.56 bits per heavy atom. The molecule has 0 aromatic carbocycles. The maximum absolute atomic E-state index is 14.2. The van der Waals surface area contributed by atoms with E-state index in [1.807, 2.05) is 20.8 Å². The van der Waals surface area contributed by atoms with Crippen molar-refractivity contribution in [1.82, 2.24) is 9.88 Å². The number of amides is 1. The van der Waals surface area contributed by atoms with E-state index in [0.29, 0.717) is 31.9 Å². The number of piperidine rings is 1. The number of rotatable bonds is 2. The van der Waals surface area contributed by atoms with Gasteiger partial charge in [0.2, 0.25) is 0 Å². The van der Waals surface area contributed by atoms with E-state index in [1.54, 1.807) is 17.9 Å². The predicted octanol–water partition coefficient (Wildman–Crippen LogP) is 2.79. The number of carbonyl (C=O) groups excluding carboxylic acids is 1. The van der Waals surface area contributed by atoms with E-state index in [0.717, 1.165) is 0 Å². The van der Waals surface area contributed by atoms with Crippen LogP contribution in [0.1, 0.15) is 26.3 Å². The number of likely N-dealkylation sites (tertiary alicyclic amines) is 1. The van der Waals surface area contributed by atoms with Crippen LogP contribution in [0.4, 0.5) is 9.18 Å². The first kappa shape index (κ1) is 17.9. The number of pyridine rings is 1. The third kappa shape index (κ3) is 4.03. The van der Waals surface area contributed by atoms with Gasteiger partial charge in [-0.2, -0.15) is 0 Å². The molecule has 2 aliphatic rings. The summed E-state index contributed by atoms with van der Waals surface area (Å²) < 4.78 is 31.2. The molecule has 0 N–H and O–H groups in total. The molecule has 2 saturated heterocycles. The van der Waals surface area contributed by atoms with Gasteiger partial charge in [0.25, 0.3) is 5.88 Å². The second-order valence-corrected chi connectivity index (χ2v) is 7.77. The van der Waals surface area contributed by atoms with Gasteiger partial charge in [-0.25, -0.2) is 14.2 Å². The molecule has 1 amide bonds. The van der Waals surface area contributed by atoms with Gasteiger partial charge in [0, 0.05) is 31.1 Å². The normalized spacial score (nSPS) is 26.3. The summed E-state index contributed by atoms with van der Waals surface area (Å²) in [6.07, 6.45) is 0.981. The van der Waals surface area contributed by atoms with Gasteiger partial charge in [0.05, 0.1) is 13.2 Å². The molecule has 2 atom stereocenters. The fourth-order valence-electron chi connectivity index (χ4n) is 3.29. The Bertz CT molecular complexity index is 632. The number of ether oxygens (including phenoxy) is 3. The molecule has 138 valence electrons. The molecule has 2 aliphatic heterocycles. The number of aromatic nitrogens is 1. The van der Waals surface area contributed by atoms with E-state index >= 15 is 0 Å². The van der Waals surface area contributed by atoms with Crippen molar-refractivity contribution in [2.45, 2.75) is 39.4 Å². The number of carbonyl (C=O) groups is 1. The smallest absolute Gasteiger partial charge is 0.410 e. The van der Waals surface area contributed by atoms with Gasteiger partial charge in [0.15, 0.2) is 5.82 Å². The Labute approximate surface area is 147 Å². The Balaban J connectivity index is 1.72. The summed E-state index contributed by atoms with van der Waals surface area (Å²) in [5, 5.41) is 0. The van der Waals surface area contributed by atoms with Gasteiger partial charge in [-0.15, -0.1) is 0 Å². The lowest BCUT2D eigenvalue weighted by atomic mass is 9.84. The molecule has 2 bridgehead atoms. The molecule has 6 nitrogen and oxygen atoms in total. The molecule has 0 radical (unpaired) electrons. The largest absolute Gasteiger partial charge is 0.471 e. The maximum Gasteiger partial charge on any atom is 0.410 e. The van der Waals surface area contributed by atoms with Gasteiger partial charge >= 0.3 is 6.09 Å². The maximum atomic E-state index is 14.2. The minimum Gasteiger partial charge on any atom is -0.471 e. The van der Waals surface area contributed by atoms with Crippen molar-refractivity contribution in [3.8, 4) is 5.88 Å². The lowest BCUT2D eigenvalue weighted by Crippen LogP contribution is -2.59. The Kier molecular flexibility index (Phi) is 4.86. The summed E-state index contributed by atoms with van der Waals surface area (Å²) in [5.74, 6) is -0.493. The fraction of sp³-hybridized carbons (Fsp3) is 0.667. The van der Waals surface area contributed by atoms with E-state index in [2.05, 4.69) is 4.98 Å². The first-order chi connectivity index (χ1) is 11.7. The summed E-state index contributed by atoms with van der Waals surface area (Å²) in [6.45, 7) is 9.07. The Morgan fingerprint density at radius 1 is 1.32 bits per heavy atom. The number of nitrogens with zero attached hydrogens (tertiary/aromatic N) is 2. The molecule has 0 saturated carbocycles. The van der Waals surface area contributed by atoms with Crippen LogP contribution >= 0.6 is 0 Å². The topological polar surface area (TPSA) is 60.9 Å². The Hall–Kier alpha value is -1.89. The monoisotopic (exact) mass is 352 g/mol. The van der Waals surface area contributed by atoms with Crippen molar-refractivity contribution in [3.05, 3.63) is 23.6 Å². The lowest BCUT2D eigenvalue weighted by Gasteiger charge is -2.46. The summed E-state index contributed by atoms with van der Waals surface area (Å²) in [4.78, 5) is 18.1. The number of aryl methyl sites for hydroxylation is 1. The molecule has 3 heterocycles. The van der Waals surface area contributed by atoms with Crippen molar-refractivity contribution in [2.75, 3.05) is 26.3 Å². The summed E-state index contributed by atoms with van der Waals surface area (Å²) >= 11 is 0. The molecule has 25 heavy (non-hydrogen) atoms. The molecule has 0 aliphatic carbocycles. The lowest BCUT2D eigenvalue weighted by molar-refractivity contribution is -0.114. The molecule has 3 rings (SSSR count). The van der Waals surface area contributed by atoms with Crippen LogP contribution in [-0.4, -0.2) is 54.0 Å². The quantitative estimate of drug-likeness (QED) is 0.819. The van der Waals surface area contributed by atoms with Crippen LogP contribution in [0.25, 0.3) is 0 Å². The third-order valence-electron chi connectivity index (χ3n) is 4.45. The minimum atomic E-state index is -0.537. The van der Waals surface area contributed by atoms with E-state index in [-0.39, 0.29) is 29.9 Å². The average molecular weight is 352 g/mol. The van der Waals surface area contributed by atoms with Crippen molar-refractivity contribution >= 4 is 6.09 Å². The number of halogens is 1. The first-order valence-electron chi connectivity index (χ1n) is 8.58. The molecule has 0 spiro atoms. The highest BCUT2D eigenvalue weighted by Gasteiger charge is 2.44. The van der Waals surface area contributed by atoms with Gasteiger partial charge in [-0.3, -0.25) is 0 Å². The zero-order valence-corrected chi connectivity index (χ0v) is 15.1. The fourth-order valence-corrected chi connectivity index (χ4v) is 3.29. The van der Waals surface area contributed by atoms with Gasteiger partial charge in [-0.05, 0) is 39.3 Å². The predicted molar refractivity (Wildman–Crippen MR) is 89.0 cm³/mol. The van der Waals surface area contributed by atoms with Crippen LogP contribution in [0.15, 0.2) is 12.3 Å². The van der Waals surface area contributed by atoms with Gasteiger partial charge in [-0.1, -0.05) is 0 Å². The molecular formula is C18H25FN2O4. The van der Waals surface area contributed by atoms with Gasteiger partial charge in [0.1, 0.15) is 11.7 Å². The van der Waals surface area contributed by atoms with Crippen LogP contribution < -0.4 is 4.74 Å². The van der Waals surface area contributed by atoms with Crippen molar-refractivity contribution in [1.29, 1.82) is 0 Å². The second kappa shape index (κ2) is 6.78. The molecule has 7 heteroatoms. The second-order valence-electron chi connectivity index (χ2n) is 7.77. The Morgan fingerprint density at radius 2 is 1.96 bits per heavy atom. The third-order valence-corrected chi connectivity index (χ3v) is 4.45. The average Bonchev–Trinajstić information content (AvgIpc) is 2.49.